The molecule has 0 spiro atoms. The first-order chi connectivity index (χ1) is 12.2. The smallest absolute Gasteiger partial charge is 0.151 e. The second-order valence-electron chi connectivity index (χ2n) is 6.94. The van der Waals surface area contributed by atoms with Crippen LogP contribution >= 0.6 is 0 Å². The Balaban J connectivity index is 1.24. The molecule has 2 aromatic rings. The molecule has 2 saturated heterocycles. The summed E-state index contributed by atoms with van der Waals surface area (Å²) in [5.74, 6) is 1.49. The van der Waals surface area contributed by atoms with Gasteiger partial charge in [-0.1, -0.05) is 0 Å². The van der Waals surface area contributed by atoms with Crippen LogP contribution in [0.25, 0.3) is 11.3 Å². The zero-order valence-electron chi connectivity index (χ0n) is 14.1. The standard InChI is InChI=1S/C18H23N5O2/c24-18(5-8-25-13-18)12-20-9-14-10-23(11-14)17-2-1-16(21-22-17)15-3-6-19-7-4-15/h1-4,6-7,14,20,24H,5,8-13H2. The van der Waals surface area contributed by atoms with E-state index in [0.29, 0.717) is 25.7 Å². The van der Waals surface area contributed by atoms with E-state index in [4.69, 9.17) is 4.74 Å². The van der Waals surface area contributed by atoms with E-state index in [-0.39, 0.29) is 0 Å². The van der Waals surface area contributed by atoms with Crippen LogP contribution in [0.1, 0.15) is 6.42 Å². The van der Waals surface area contributed by atoms with E-state index >= 15 is 0 Å². The second kappa shape index (κ2) is 7.03. The fraction of sp³-hybridized carbons (Fsp3) is 0.500. The van der Waals surface area contributed by atoms with Crippen LogP contribution in [0.3, 0.4) is 0 Å². The van der Waals surface area contributed by atoms with Crippen molar-refractivity contribution in [1.29, 1.82) is 0 Å². The Morgan fingerprint density at radius 3 is 2.72 bits per heavy atom. The van der Waals surface area contributed by atoms with E-state index < -0.39 is 5.60 Å². The molecule has 4 heterocycles. The molecule has 2 N–H and O–H groups in total. The highest BCUT2D eigenvalue weighted by molar-refractivity contribution is 5.59. The lowest BCUT2D eigenvalue weighted by Gasteiger charge is -2.40. The van der Waals surface area contributed by atoms with Gasteiger partial charge in [0.05, 0.1) is 12.3 Å². The van der Waals surface area contributed by atoms with Crippen molar-refractivity contribution < 1.29 is 9.84 Å². The minimum atomic E-state index is -0.683. The van der Waals surface area contributed by atoms with Crippen molar-refractivity contribution in [2.45, 2.75) is 12.0 Å². The molecule has 0 saturated carbocycles. The summed E-state index contributed by atoms with van der Waals surface area (Å²) in [6.07, 6.45) is 4.23. The predicted molar refractivity (Wildman–Crippen MR) is 94.2 cm³/mol. The molecule has 2 aliphatic heterocycles. The number of anilines is 1. The lowest BCUT2D eigenvalue weighted by Crippen LogP contribution is -2.53. The molecule has 0 amide bonds. The summed E-state index contributed by atoms with van der Waals surface area (Å²) < 4.78 is 5.26. The largest absolute Gasteiger partial charge is 0.386 e. The monoisotopic (exact) mass is 341 g/mol. The number of rotatable bonds is 6. The Morgan fingerprint density at radius 1 is 1.20 bits per heavy atom. The van der Waals surface area contributed by atoms with Crippen LogP contribution in [-0.4, -0.2) is 65.3 Å². The number of nitrogens with one attached hydrogen (secondary N) is 1. The lowest BCUT2D eigenvalue weighted by molar-refractivity contribution is 0.0262. The summed E-state index contributed by atoms with van der Waals surface area (Å²) in [6.45, 7) is 4.53. The van der Waals surface area contributed by atoms with Crippen LogP contribution in [0.5, 0.6) is 0 Å². The van der Waals surface area contributed by atoms with Gasteiger partial charge in [0, 0.05) is 63.1 Å². The van der Waals surface area contributed by atoms with E-state index in [2.05, 4.69) is 25.4 Å². The van der Waals surface area contributed by atoms with Gasteiger partial charge < -0.3 is 20.1 Å². The molecule has 132 valence electrons. The van der Waals surface area contributed by atoms with Gasteiger partial charge in [0.25, 0.3) is 0 Å². The van der Waals surface area contributed by atoms with Gasteiger partial charge >= 0.3 is 0 Å². The molecule has 1 atom stereocenters. The Kier molecular flexibility index (Phi) is 4.61. The van der Waals surface area contributed by atoms with Crippen molar-refractivity contribution in [3.05, 3.63) is 36.7 Å². The molecular formula is C18H23N5O2. The third-order valence-electron chi connectivity index (χ3n) is 4.88. The normalized spacial score (nSPS) is 23.6. The number of ether oxygens (including phenoxy) is 1. The van der Waals surface area contributed by atoms with Crippen molar-refractivity contribution in [2.75, 3.05) is 44.3 Å². The SMILES string of the molecule is OC1(CNCC2CN(c3ccc(-c4ccncc4)nn3)C2)CCOC1. The molecule has 2 aromatic heterocycles. The van der Waals surface area contributed by atoms with Gasteiger partial charge in [0.15, 0.2) is 5.82 Å². The van der Waals surface area contributed by atoms with Gasteiger partial charge in [-0.3, -0.25) is 4.98 Å². The Labute approximate surface area is 147 Å². The van der Waals surface area contributed by atoms with Gasteiger partial charge in [0.1, 0.15) is 5.60 Å². The van der Waals surface area contributed by atoms with Crippen LogP contribution in [-0.2, 0) is 4.74 Å². The van der Waals surface area contributed by atoms with Crippen LogP contribution in [0.4, 0.5) is 5.82 Å². The first-order valence-electron chi connectivity index (χ1n) is 8.72. The van der Waals surface area contributed by atoms with Crippen molar-refractivity contribution in [2.24, 2.45) is 5.92 Å². The molecule has 2 fully saturated rings. The molecule has 4 rings (SSSR count). The second-order valence-corrected chi connectivity index (χ2v) is 6.94. The molecule has 25 heavy (non-hydrogen) atoms. The summed E-state index contributed by atoms with van der Waals surface area (Å²) in [4.78, 5) is 6.24. The lowest BCUT2D eigenvalue weighted by atomic mass is 9.99. The van der Waals surface area contributed by atoms with E-state index in [0.717, 1.165) is 43.1 Å². The fourth-order valence-corrected chi connectivity index (χ4v) is 3.30. The van der Waals surface area contributed by atoms with Gasteiger partial charge in [-0.15, -0.1) is 10.2 Å². The summed E-state index contributed by atoms with van der Waals surface area (Å²) in [7, 11) is 0. The molecule has 0 aromatic carbocycles. The Morgan fingerprint density at radius 2 is 2.04 bits per heavy atom. The number of pyridine rings is 1. The summed E-state index contributed by atoms with van der Waals surface area (Å²) in [5, 5.41) is 22.3. The van der Waals surface area contributed by atoms with Crippen LogP contribution in [0, 0.1) is 5.92 Å². The Bertz CT molecular complexity index is 682. The van der Waals surface area contributed by atoms with E-state index in [1.54, 1.807) is 12.4 Å². The molecule has 0 radical (unpaired) electrons. The molecule has 0 bridgehead atoms. The van der Waals surface area contributed by atoms with Crippen LogP contribution in [0.15, 0.2) is 36.7 Å². The average molecular weight is 341 g/mol. The van der Waals surface area contributed by atoms with E-state index in [9.17, 15) is 5.11 Å². The molecule has 0 aliphatic carbocycles. The molecule has 7 heteroatoms. The summed E-state index contributed by atoms with van der Waals surface area (Å²) in [5.41, 5.74) is 1.20. The molecule has 7 nitrogen and oxygen atoms in total. The van der Waals surface area contributed by atoms with Gasteiger partial charge in [0.2, 0.25) is 0 Å². The van der Waals surface area contributed by atoms with Crippen molar-refractivity contribution >= 4 is 5.82 Å². The maximum Gasteiger partial charge on any atom is 0.151 e. The van der Waals surface area contributed by atoms with Crippen LogP contribution < -0.4 is 10.2 Å². The topological polar surface area (TPSA) is 83.4 Å². The van der Waals surface area contributed by atoms with E-state index in [1.165, 1.54) is 0 Å². The fourth-order valence-electron chi connectivity index (χ4n) is 3.30. The number of nitrogens with zero attached hydrogens (tertiary/aromatic N) is 4. The quantitative estimate of drug-likeness (QED) is 0.801. The highest BCUT2D eigenvalue weighted by Crippen LogP contribution is 2.24. The van der Waals surface area contributed by atoms with Crippen molar-refractivity contribution in [3.8, 4) is 11.3 Å². The third-order valence-corrected chi connectivity index (χ3v) is 4.88. The average Bonchev–Trinajstić information content (AvgIpc) is 3.05. The molecule has 2 aliphatic rings. The Hall–Kier alpha value is -2.09. The minimum absolute atomic E-state index is 0.441. The van der Waals surface area contributed by atoms with Gasteiger partial charge in [-0.2, -0.15) is 0 Å². The highest BCUT2D eigenvalue weighted by atomic mass is 16.5. The van der Waals surface area contributed by atoms with Crippen molar-refractivity contribution in [1.82, 2.24) is 20.5 Å². The van der Waals surface area contributed by atoms with Gasteiger partial charge in [-0.05, 0) is 24.3 Å². The zero-order valence-corrected chi connectivity index (χ0v) is 14.1. The maximum atomic E-state index is 10.2. The molecule has 1 unspecified atom stereocenters. The first-order valence-corrected chi connectivity index (χ1v) is 8.72. The summed E-state index contributed by atoms with van der Waals surface area (Å²) >= 11 is 0. The van der Waals surface area contributed by atoms with Crippen LogP contribution in [0.2, 0.25) is 0 Å². The number of aromatic nitrogens is 3. The number of aliphatic hydroxyl groups is 1. The minimum Gasteiger partial charge on any atom is -0.386 e. The van der Waals surface area contributed by atoms with E-state index in [1.807, 2.05) is 24.3 Å². The number of hydrogen-bond donors (Lipinski definition) is 2. The van der Waals surface area contributed by atoms with Crippen molar-refractivity contribution in [3.63, 3.8) is 0 Å². The predicted octanol–water partition coefficient (Wildman–Crippen LogP) is 0.716. The number of hydrogen-bond acceptors (Lipinski definition) is 7. The first kappa shape index (κ1) is 16.4. The zero-order chi connectivity index (χ0) is 17.1. The molecular weight excluding hydrogens is 318 g/mol. The third kappa shape index (κ3) is 3.78. The van der Waals surface area contributed by atoms with Gasteiger partial charge in [-0.25, -0.2) is 0 Å². The highest BCUT2D eigenvalue weighted by Gasteiger charge is 2.33. The maximum absolute atomic E-state index is 10.2. The summed E-state index contributed by atoms with van der Waals surface area (Å²) in [6, 6.07) is 7.88.